The van der Waals surface area contributed by atoms with Gasteiger partial charge in [-0.3, -0.25) is 0 Å². The van der Waals surface area contributed by atoms with Crippen molar-refractivity contribution in [1.29, 1.82) is 0 Å². The van der Waals surface area contributed by atoms with Crippen LogP contribution >= 0.6 is 31.9 Å². The predicted octanol–water partition coefficient (Wildman–Crippen LogP) is 3.10. The Morgan fingerprint density at radius 2 is 1.94 bits per heavy atom. The number of hydrogen-bond donors (Lipinski definition) is 2. The molecule has 2 rings (SSSR count). The number of aromatic hydroxyl groups is 1. The smallest absolute Gasteiger partial charge is 0.143 e. The number of nitrogens with one attached hydrogen (secondary N) is 1. The molecule has 1 fully saturated rings. The van der Waals surface area contributed by atoms with Crippen LogP contribution in [0.2, 0.25) is 0 Å². The van der Waals surface area contributed by atoms with E-state index >= 15 is 0 Å². The van der Waals surface area contributed by atoms with Crippen LogP contribution in [0.15, 0.2) is 21.1 Å². The number of rotatable bonds is 6. The van der Waals surface area contributed by atoms with Gasteiger partial charge in [-0.05, 0) is 69.4 Å². The first-order valence-electron chi connectivity index (χ1n) is 6.16. The summed E-state index contributed by atoms with van der Waals surface area (Å²) in [5, 5.41) is 13.0. The van der Waals surface area contributed by atoms with Gasteiger partial charge in [-0.25, -0.2) is 0 Å². The summed E-state index contributed by atoms with van der Waals surface area (Å²) in [4.78, 5) is 2.41. The van der Waals surface area contributed by atoms with E-state index in [1.54, 1.807) is 0 Å². The van der Waals surface area contributed by atoms with Gasteiger partial charge in [0.15, 0.2) is 0 Å². The van der Waals surface area contributed by atoms with E-state index in [4.69, 9.17) is 0 Å². The molecule has 3 nitrogen and oxygen atoms in total. The van der Waals surface area contributed by atoms with E-state index in [1.165, 1.54) is 12.8 Å². The van der Waals surface area contributed by atoms with Gasteiger partial charge in [0.05, 0.1) is 8.95 Å². The third kappa shape index (κ3) is 3.95. The number of hydrogen-bond acceptors (Lipinski definition) is 3. The minimum absolute atomic E-state index is 0.257. The van der Waals surface area contributed by atoms with Crippen LogP contribution in [-0.4, -0.2) is 36.2 Å². The molecular weight excluding hydrogens is 360 g/mol. The molecule has 0 bridgehead atoms. The van der Waals surface area contributed by atoms with Crippen LogP contribution in [0.5, 0.6) is 5.75 Å². The van der Waals surface area contributed by atoms with Crippen molar-refractivity contribution in [3.05, 3.63) is 26.6 Å². The summed E-state index contributed by atoms with van der Waals surface area (Å²) in [5.74, 6) is 0.257. The summed E-state index contributed by atoms with van der Waals surface area (Å²) in [6.45, 7) is 2.89. The van der Waals surface area contributed by atoms with Crippen molar-refractivity contribution in [1.82, 2.24) is 10.2 Å². The number of phenolic OH excluding ortho intramolecular Hbond substituents is 1. The number of halogens is 2. The van der Waals surface area contributed by atoms with Crippen molar-refractivity contribution >= 4 is 31.9 Å². The number of benzene rings is 1. The summed E-state index contributed by atoms with van der Waals surface area (Å²) in [6.07, 6.45) is 2.71. The van der Waals surface area contributed by atoms with E-state index < -0.39 is 0 Å². The largest absolute Gasteiger partial charge is 0.506 e. The van der Waals surface area contributed by atoms with Crippen LogP contribution in [0.4, 0.5) is 0 Å². The molecule has 0 atom stereocenters. The van der Waals surface area contributed by atoms with Crippen LogP contribution in [0.1, 0.15) is 18.4 Å². The lowest BCUT2D eigenvalue weighted by atomic mass is 10.2. The molecule has 100 valence electrons. The molecule has 18 heavy (non-hydrogen) atoms. The van der Waals surface area contributed by atoms with E-state index in [0.717, 1.165) is 40.2 Å². The maximum Gasteiger partial charge on any atom is 0.143 e. The number of nitrogens with zero attached hydrogens (tertiary/aromatic N) is 1. The highest BCUT2D eigenvalue weighted by molar-refractivity contribution is 9.11. The first-order chi connectivity index (χ1) is 8.58. The lowest BCUT2D eigenvalue weighted by Gasteiger charge is -2.16. The van der Waals surface area contributed by atoms with Crippen LogP contribution in [-0.2, 0) is 6.54 Å². The van der Waals surface area contributed by atoms with Crippen LogP contribution in [0.3, 0.4) is 0 Å². The normalized spacial score (nSPS) is 15.3. The fraction of sp³-hybridized carbons (Fsp3) is 0.538. The molecule has 5 heteroatoms. The lowest BCUT2D eigenvalue weighted by molar-refractivity contribution is 0.321. The number of phenols is 1. The zero-order valence-corrected chi connectivity index (χ0v) is 13.6. The molecule has 1 aromatic carbocycles. The van der Waals surface area contributed by atoms with Crippen molar-refractivity contribution in [3.63, 3.8) is 0 Å². The topological polar surface area (TPSA) is 35.5 Å². The van der Waals surface area contributed by atoms with Gasteiger partial charge in [0, 0.05) is 25.7 Å². The van der Waals surface area contributed by atoms with E-state index in [-0.39, 0.29) is 5.75 Å². The van der Waals surface area contributed by atoms with Crippen LogP contribution in [0, 0.1) is 0 Å². The Morgan fingerprint density at radius 1 is 1.33 bits per heavy atom. The van der Waals surface area contributed by atoms with Crippen molar-refractivity contribution in [3.8, 4) is 5.75 Å². The molecule has 1 aliphatic carbocycles. The maximum atomic E-state index is 9.62. The lowest BCUT2D eigenvalue weighted by Crippen LogP contribution is -2.30. The molecule has 0 radical (unpaired) electrons. The quantitative estimate of drug-likeness (QED) is 0.747. The summed E-state index contributed by atoms with van der Waals surface area (Å²) in [5.41, 5.74) is 1.15. The molecule has 1 aliphatic rings. The molecule has 0 unspecified atom stereocenters. The highest BCUT2D eigenvalue weighted by atomic mass is 79.9. The van der Waals surface area contributed by atoms with Gasteiger partial charge in [0.25, 0.3) is 0 Å². The summed E-state index contributed by atoms with van der Waals surface area (Å²) < 4.78 is 1.45. The highest BCUT2D eigenvalue weighted by Gasteiger charge is 2.25. The number of likely N-dealkylation sites (N-methyl/N-ethyl adjacent to an activating group) is 1. The minimum atomic E-state index is 0.257. The van der Waals surface area contributed by atoms with Gasteiger partial charge in [0.1, 0.15) is 5.75 Å². The first kappa shape index (κ1) is 14.3. The Labute approximate surface area is 125 Å². The first-order valence-corrected chi connectivity index (χ1v) is 7.74. The van der Waals surface area contributed by atoms with Gasteiger partial charge in [-0.15, -0.1) is 0 Å². The van der Waals surface area contributed by atoms with Crippen LogP contribution < -0.4 is 5.32 Å². The highest BCUT2D eigenvalue weighted by Crippen LogP contribution is 2.33. The van der Waals surface area contributed by atoms with Crippen molar-refractivity contribution in [2.45, 2.75) is 25.4 Å². The second-order valence-corrected chi connectivity index (χ2v) is 6.51. The Bertz CT molecular complexity index is 398. The van der Waals surface area contributed by atoms with Gasteiger partial charge in [-0.2, -0.15) is 0 Å². The Hall–Kier alpha value is -0.100. The fourth-order valence-corrected chi connectivity index (χ4v) is 3.19. The molecule has 1 saturated carbocycles. The summed E-state index contributed by atoms with van der Waals surface area (Å²) in [7, 11) is 2.19. The molecule has 0 amide bonds. The van der Waals surface area contributed by atoms with Gasteiger partial charge >= 0.3 is 0 Å². The SMILES string of the molecule is CN(CCNCc1cc(Br)c(O)c(Br)c1)C1CC1. The fourth-order valence-electron chi connectivity index (χ4n) is 1.91. The maximum absolute atomic E-state index is 9.62. The molecule has 0 saturated heterocycles. The third-order valence-corrected chi connectivity index (χ3v) is 4.43. The van der Waals surface area contributed by atoms with E-state index in [2.05, 4.69) is 49.1 Å². The molecular formula is C13H18Br2N2O. The molecule has 0 spiro atoms. The minimum Gasteiger partial charge on any atom is -0.506 e. The standard InChI is InChI=1S/C13H18Br2N2O/c1-17(10-2-3-10)5-4-16-8-9-6-11(14)13(18)12(15)7-9/h6-7,10,16,18H,2-5,8H2,1H3. The van der Waals surface area contributed by atoms with Crippen molar-refractivity contribution < 1.29 is 5.11 Å². The Morgan fingerprint density at radius 3 is 2.50 bits per heavy atom. The van der Waals surface area contributed by atoms with Crippen molar-refractivity contribution in [2.75, 3.05) is 20.1 Å². The second kappa shape index (κ2) is 6.37. The molecule has 2 N–H and O–H groups in total. The molecule has 1 aromatic rings. The Kier molecular flexibility index (Phi) is 5.06. The van der Waals surface area contributed by atoms with E-state index in [1.807, 2.05) is 12.1 Å². The zero-order valence-electron chi connectivity index (χ0n) is 10.4. The van der Waals surface area contributed by atoms with E-state index in [9.17, 15) is 5.11 Å². The van der Waals surface area contributed by atoms with Crippen molar-refractivity contribution in [2.24, 2.45) is 0 Å². The average Bonchev–Trinajstić information content (AvgIpc) is 3.15. The predicted molar refractivity (Wildman–Crippen MR) is 80.9 cm³/mol. The van der Waals surface area contributed by atoms with Crippen LogP contribution in [0.25, 0.3) is 0 Å². The molecule has 0 aromatic heterocycles. The molecule has 0 aliphatic heterocycles. The zero-order chi connectivity index (χ0) is 13.1. The molecule has 0 heterocycles. The summed E-state index contributed by atoms with van der Waals surface area (Å²) >= 11 is 6.68. The Balaban J connectivity index is 1.76. The van der Waals surface area contributed by atoms with Gasteiger partial charge in [0.2, 0.25) is 0 Å². The van der Waals surface area contributed by atoms with E-state index in [0.29, 0.717) is 0 Å². The van der Waals surface area contributed by atoms with Gasteiger partial charge < -0.3 is 15.3 Å². The third-order valence-electron chi connectivity index (χ3n) is 3.22. The second-order valence-electron chi connectivity index (χ2n) is 4.80. The van der Waals surface area contributed by atoms with Gasteiger partial charge in [-0.1, -0.05) is 0 Å². The monoisotopic (exact) mass is 376 g/mol. The average molecular weight is 378 g/mol. The summed E-state index contributed by atoms with van der Waals surface area (Å²) in [6, 6.07) is 4.71.